The van der Waals surface area contributed by atoms with E-state index < -0.39 is 17.9 Å². The maximum atomic E-state index is 12.8. The molecule has 13 heteroatoms. The molecule has 0 aromatic heterocycles. The molecular formula is C32H30BrN5O6S. The second kappa shape index (κ2) is 15.7. The van der Waals surface area contributed by atoms with E-state index in [1.54, 1.807) is 68.4 Å². The Balaban J connectivity index is 1.47. The van der Waals surface area contributed by atoms with Gasteiger partial charge in [0, 0.05) is 26.9 Å². The number of para-hydroxylation sites is 1. The van der Waals surface area contributed by atoms with Crippen molar-refractivity contribution in [2.45, 2.75) is 26.5 Å². The molecule has 1 atom stereocenters. The van der Waals surface area contributed by atoms with Crippen LogP contribution < -0.4 is 30.3 Å². The lowest BCUT2D eigenvalue weighted by Crippen LogP contribution is -2.45. The van der Waals surface area contributed by atoms with Crippen molar-refractivity contribution >= 4 is 51.4 Å². The molecular weight excluding hydrogens is 662 g/mol. The van der Waals surface area contributed by atoms with Crippen molar-refractivity contribution in [1.29, 1.82) is 5.26 Å². The number of rotatable bonds is 12. The molecule has 11 nitrogen and oxygen atoms in total. The van der Waals surface area contributed by atoms with Crippen LogP contribution in [0.2, 0.25) is 0 Å². The van der Waals surface area contributed by atoms with Crippen LogP contribution in [0.25, 0.3) is 0 Å². The molecule has 0 fully saturated rings. The maximum Gasteiger partial charge on any atom is 0.338 e. The molecule has 3 aromatic carbocycles. The van der Waals surface area contributed by atoms with E-state index in [2.05, 4.69) is 43.2 Å². The number of carbonyl (C=O) groups excluding carboxylic acids is 2. The van der Waals surface area contributed by atoms with E-state index in [4.69, 9.17) is 31.2 Å². The Morgan fingerprint density at radius 2 is 1.89 bits per heavy atom. The van der Waals surface area contributed by atoms with Crippen molar-refractivity contribution in [3.05, 3.63) is 98.7 Å². The average Bonchev–Trinajstić information content (AvgIpc) is 3.03. The molecule has 1 amide bonds. The number of hydrogen-bond donors (Lipinski definition) is 3. The molecule has 0 aliphatic carbocycles. The third-order valence-corrected chi connectivity index (χ3v) is 7.20. The van der Waals surface area contributed by atoms with Gasteiger partial charge in [0.05, 0.1) is 43.2 Å². The van der Waals surface area contributed by atoms with Gasteiger partial charge in [0.2, 0.25) is 0 Å². The number of esters is 1. The van der Waals surface area contributed by atoms with Gasteiger partial charge >= 0.3 is 5.97 Å². The highest BCUT2D eigenvalue weighted by molar-refractivity contribution is 9.10. The minimum absolute atomic E-state index is 0.116. The van der Waals surface area contributed by atoms with Gasteiger partial charge in [-0.05, 0) is 50.3 Å². The maximum absolute atomic E-state index is 12.8. The number of hydrogen-bond acceptors (Lipinski definition) is 9. The Kier molecular flexibility index (Phi) is 11.5. The summed E-state index contributed by atoms with van der Waals surface area (Å²) in [5.41, 5.74) is 5.70. The number of benzene rings is 3. The lowest BCUT2D eigenvalue weighted by molar-refractivity contribution is -0.139. The Labute approximate surface area is 274 Å². The van der Waals surface area contributed by atoms with Gasteiger partial charge in [-0.15, -0.1) is 0 Å². The average molecular weight is 693 g/mol. The largest absolute Gasteiger partial charge is 0.493 e. The van der Waals surface area contributed by atoms with Crippen LogP contribution in [0.3, 0.4) is 0 Å². The second-order valence-electron chi connectivity index (χ2n) is 9.49. The van der Waals surface area contributed by atoms with E-state index in [0.29, 0.717) is 60.4 Å². The van der Waals surface area contributed by atoms with E-state index in [1.165, 1.54) is 13.3 Å². The number of nitriles is 1. The summed E-state index contributed by atoms with van der Waals surface area (Å²) < 4.78 is 23.4. The predicted octanol–water partition coefficient (Wildman–Crippen LogP) is 4.79. The fourth-order valence-electron chi connectivity index (χ4n) is 4.50. The molecule has 0 bridgehead atoms. The van der Waals surface area contributed by atoms with Crippen molar-refractivity contribution in [2.24, 2.45) is 5.10 Å². The van der Waals surface area contributed by atoms with Gasteiger partial charge in [0.15, 0.2) is 23.2 Å². The Hall–Kier alpha value is -4.93. The van der Waals surface area contributed by atoms with Gasteiger partial charge in [0.1, 0.15) is 12.4 Å². The predicted molar refractivity (Wildman–Crippen MR) is 175 cm³/mol. The van der Waals surface area contributed by atoms with Crippen LogP contribution in [0.1, 0.15) is 42.1 Å². The van der Waals surface area contributed by atoms with Crippen LogP contribution >= 0.6 is 28.1 Å². The second-order valence-corrected chi connectivity index (χ2v) is 10.8. The first-order valence-electron chi connectivity index (χ1n) is 13.7. The number of halogens is 1. The van der Waals surface area contributed by atoms with E-state index >= 15 is 0 Å². The van der Waals surface area contributed by atoms with E-state index in [9.17, 15) is 14.9 Å². The molecule has 0 spiro atoms. The lowest BCUT2D eigenvalue weighted by Gasteiger charge is -2.30. The highest BCUT2D eigenvalue weighted by atomic mass is 79.9. The molecule has 3 aromatic rings. The van der Waals surface area contributed by atoms with Gasteiger partial charge < -0.3 is 29.6 Å². The van der Waals surface area contributed by atoms with E-state index in [1.807, 2.05) is 6.07 Å². The summed E-state index contributed by atoms with van der Waals surface area (Å²) in [6.45, 7) is 3.43. The molecule has 4 rings (SSSR count). The summed E-state index contributed by atoms with van der Waals surface area (Å²) in [4.78, 5) is 25.5. The zero-order valence-electron chi connectivity index (χ0n) is 24.7. The molecule has 1 aliphatic heterocycles. The van der Waals surface area contributed by atoms with Crippen LogP contribution in [0.15, 0.2) is 81.5 Å². The van der Waals surface area contributed by atoms with Gasteiger partial charge in [0.25, 0.3) is 5.91 Å². The number of thiocarbonyl (C=S) groups is 1. The molecule has 1 heterocycles. The number of hydrazone groups is 1. The minimum atomic E-state index is -0.653. The number of nitrogens with zero attached hydrogens (tertiary/aromatic N) is 2. The normalized spacial score (nSPS) is 14.2. The summed E-state index contributed by atoms with van der Waals surface area (Å²) in [6, 6.07) is 19.1. The summed E-state index contributed by atoms with van der Waals surface area (Å²) in [6.07, 6.45) is 1.42. The fraction of sp³-hybridized carbons (Fsp3) is 0.219. The molecule has 0 radical (unpaired) electrons. The first kappa shape index (κ1) is 33.0. The zero-order chi connectivity index (χ0) is 32.3. The van der Waals surface area contributed by atoms with Gasteiger partial charge in [-0.25, -0.2) is 10.2 Å². The third kappa shape index (κ3) is 8.37. The SMILES string of the molecule is CCOC(=O)C1=C(C)NC(=S)N[C@H]1c1ccccc1OCC(=O)NN=Cc1cc(Br)cc(OC)c1OCc1ccccc1C#N. The topological polar surface area (TPSA) is 143 Å². The highest BCUT2D eigenvalue weighted by Gasteiger charge is 2.32. The third-order valence-electron chi connectivity index (χ3n) is 6.52. The van der Waals surface area contributed by atoms with E-state index in [0.717, 1.165) is 0 Å². The molecule has 0 saturated heterocycles. The van der Waals surface area contributed by atoms with Crippen LogP contribution in [0, 0.1) is 11.3 Å². The highest BCUT2D eigenvalue weighted by Crippen LogP contribution is 2.35. The first-order chi connectivity index (χ1) is 21.7. The Morgan fingerprint density at radius 3 is 2.64 bits per heavy atom. The first-order valence-corrected chi connectivity index (χ1v) is 14.9. The number of carbonyl (C=O) groups is 2. The van der Waals surface area contributed by atoms with Crippen LogP contribution in [0.5, 0.6) is 17.2 Å². The van der Waals surface area contributed by atoms with Crippen LogP contribution in [-0.4, -0.2) is 43.5 Å². The Bertz CT molecular complexity index is 1700. The smallest absolute Gasteiger partial charge is 0.338 e. The van der Waals surface area contributed by atoms with Crippen molar-refractivity contribution in [1.82, 2.24) is 16.1 Å². The van der Waals surface area contributed by atoms with Crippen molar-refractivity contribution < 1.29 is 28.5 Å². The summed E-state index contributed by atoms with van der Waals surface area (Å²) in [5.74, 6) is 0.165. The minimum Gasteiger partial charge on any atom is -0.493 e. The summed E-state index contributed by atoms with van der Waals surface area (Å²) in [5, 5.41) is 19.9. The van der Waals surface area contributed by atoms with Crippen molar-refractivity contribution in [3.63, 3.8) is 0 Å². The molecule has 232 valence electrons. The van der Waals surface area contributed by atoms with E-state index in [-0.39, 0.29) is 19.8 Å². The van der Waals surface area contributed by atoms with Crippen molar-refractivity contribution in [2.75, 3.05) is 20.3 Å². The standard InChI is InChI=1S/C32H30BrN5O6S/c1-4-42-31(40)28-19(2)36-32(45)37-29(28)24-11-7-8-12-25(24)43-18-27(39)38-35-16-22-13-23(33)14-26(41-3)30(22)44-17-21-10-6-5-9-20(21)15-34/h5-14,16,29H,4,17-18H2,1-3H3,(H,38,39)(H2,36,37,45)/t29-/m0/s1. The van der Waals surface area contributed by atoms with Crippen molar-refractivity contribution in [3.8, 4) is 23.3 Å². The monoisotopic (exact) mass is 691 g/mol. The molecule has 1 aliphatic rings. The molecule has 3 N–H and O–H groups in total. The van der Waals surface area contributed by atoms with Crippen LogP contribution in [-0.2, 0) is 20.9 Å². The molecule has 0 unspecified atom stereocenters. The number of nitrogens with one attached hydrogen (secondary N) is 3. The van der Waals surface area contributed by atoms with Gasteiger partial charge in [-0.3, -0.25) is 4.79 Å². The molecule has 0 saturated carbocycles. The fourth-order valence-corrected chi connectivity index (χ4v) is 5.23. The van der Waals surface area contributed by atoms with Gasteiger partial charge in [-0.1, -0.05) is 52.3 Å². The number of methoxy groups -OCH3 is 1. The van der Waals surface area contributed by atoms with Gasteiger partial charge in [-0.2, -0.15) is 10.4 Å². The van der Waals surface area contributed by atoms with Crippen LogP contribution in [0.4, 0.5) is 0 Å². The number of allylic oxidation sites excluding steroid dienone is 1. The Morgan fingerprint density at radius 1 is 1.13 bits per heavy atom. The summed E-state index contributed by atoms with van der Waals surface area (Å²) in [7, 11) is 1.51. The molecule has 45 heavy (non-hydrogen) atoms. The zero-order valence-corrected chi connectivity index (χ0v) is 27.1. The lowest BCUT2D eigenvalue weighted by atomic mass is 9.95. The number of amides is 1. The summed E-state index contributed by atoms with van der Waals surface area (Å²) >= 11 is 8.78. The number of ether oxygens (including phenoxy) is 4. The quantitative estimate of drug-likeness (QED) is 0.105.